The molecule has 0 aliphatic carbocycles. The lowest BCUT2D eigenvalue weighted by Gasteiger charge is -2.15. The zero-order chi connectivity index (χ0) is 24.9. The van der Waals surface area contributed by atoms with Crippen LogP contribution in [0.1, 0.15) is 22.3 Å². The van der Waals surface area contributed by atoms with Crippen LogP contribution in [0.5, 0.6) is 11.5 Å². The van der Waals surface area contributed by atoms with Crippen molar-refractivity contribution in [2.24, 2.45) is 0 Å². The summed E-state index contributed by atoms with van der Waals surface area (Å²) in [5.74, 6) is 0.383. The fourth-order valence-electron chi connectivity index (χ4n) is 3.65. The minimum absolute atomic E-state index is 0.139. The standard InChI is InChI=1S/C26H18Br2N2O5/c27-25-19(11-17-7-3-1-4-8-17)13-21(29(31)32)15-23(25)35-24-16-22(30(33)34)14-20(26(24)28)12-18-9-5-2-6-10-18/h1-10,13-16H,11-12H2. The van der Waals surface area contributed by atoms with E-state index < -0.39 is 9.85 Å². The molecule has 0 heterocycles. The molecule has 0 aromatic heterocycles. The summed E-state index contributed by atoms with van der Waals surface area (Å²) in [6.45, 7) is 0. The molecule has 4 rings (SSSR count). The first-order valence-corrected chi connectivity index (χ1v) is 12.1. The molecule has 0 aliphatic heterocycles. The molecule has 0 saturated heterocycles. The van der Waals surface area contributed by atoms with Crippen LogP contribution in [0.15, 0.2) is 93.9 Å². The Labute approximate surface area is 217 Å². The van der Waals surface area contributed by atoms with Crippen LogP contribution in [-0.4, -0.2) is 9.85 Å². The van der Waals surface area contributed by atoms with E-state index in [1.54, 1.807) is 0 Å². The molecule has 7 nitrogen and oxygen atoms in total. The van der Waals surface area contributed by atoms with Gasteiger partial charge in [-0.05, 0) is 67.0 Å². The average Bonchev–Trinajstić information content (AvgIpc) is 2.84. The molecule has 0 radical (unpaired) electrons. The van der Waals surface area contributed by atoms with Gasteiger partial charge in [-0.1, -0.05) is 60.7 Å². The maximum absolute atomic E-state index is 11.6. The van der Waals surface area contributed by atoms with Gasteiger partial charge >= 0.3 is 0 Å². The fourth-order valence-corrected chi connectivity index (χ4v) is 4.55. The summed E-state index contributed by atoms with van der Waals surface area (Å²) in [7, 11) is 0. The Hall–Kier alpha value is -3.56. The summed E-state index contributed by atoms with van der Waals surface area (Å²) in [6.07, 6.45) is 0.879. The number of nitrogens with zero attached hydrogens (tertiary/aromatic N) is 2. The topological polar surface area (TPSA) is 95.5 Å². The van der Waals surface area contributed by atoms with E-state index in [0.717, 1.165) is 11.1 Å². The summed E-state index contributed by atoms with van der Waals surface area (Å²) < 4.78 is 7.15. The van der Waals surface area contributed by atoms with Crippen molar-refractivity contribution in [3.63, 3.8) is 0 Å². The Kier molecular flexibility index (Phi) is 7.57. The fraction of sp³-hybridized carbons (Fsp3) is 0.0769. The molecule has 0 saturated carbocycles. The van der Waals surface area contributed by atoms with Gasteiger partial charge in [0, 0.05) is 12.1 Å². The van der Waals surface area contributed by atoms with E-state index in [1.165, 1.54) is 24.3 Å². The Morgan fingerprint density at radius 1 is 0.629 bits per heavy atom. The summed E-state index contributed by atoms with van der Waals surface area (Å²) >= 11 is 7.05. The molecule has 0 amide bonds. The molecule has 0 atom stereocenters. The van der Waals surface area contributed by atoms with Crippen LogP contribution in [0.3, 0.4) is 0 Å². The molecule has 0 N–H and O–H groups in total. The SMILES string of the molecule is O=[N+]([O-])c1cc(Cc2ccccc2)c(Br)c(Oc2cc([N+](=O)[O-])cc(Cc3ccccc3)c2Br)c1. The van der Waals surface area contributed by atoms with Crippen molar-refractivity contribution in [2.45, 2.75) is 12.8 Å². The third-order valence-corrected chi connectivity index (χ3v) is 7.12. The Morgan fingerprint density at radius 2 is 1.00 bits per heavy atom. The molecule has 35 heavy (non-hydrogen) atoms. The van der Waals surface area contributed by atoms with E-state index in [-0.39, 0.29) is 22.9 Å². The van der Waals surface area contributed by atoms with Crippen molar-refractivity contribution in [1.82, 2.24) is 0 Å². The highest BCUT2D eigenvalue weighted by molar-refractivity contribution is 9.11. The zero-order valence-electron chi connectivity index (χ0n) is 18.2. The molecule has 176 valence electrons. The molecule has 0 spiro atoms. The van der Waals surface area contributed by atoms with Crippen molar-refractivity contribution in [2.75, 3.05) is 0 Å². The van der Waals surface area contributed by atoms with Gasteiger partial charge in [0.1, 0.15) is 11.5 Å². The molecule has 0 bridgehead atoms. The molecular formula is C26H18Br2N2O5. The van der Waals surface area contributed by atoms with Crippen LogP contribution < -0.4 is 4.74 Å². The monoisotopic (exact) mass is 596 g/mol. The second kappa shape index (κ2) is 10.8. The third kappa shape index (κ3) is 5.93. The normalized spacial score (nSPS) is 10.7. The van der Waals surface area contributed by atoms with Gasteiger partial charge in [-0.25, -0.2) is 0 Å². The van der Waals surface area contributed by atoms with Crippen LogP contribution in [0.4, 0.5) is 11.4 Å². The van der Waals surface area contributed by atoms with E-state index in [4.69, 9.17) is 4.74 Å². The van der Waals surface area contributed by atoms with E-state index in [1.807, 2.05) is 60.7 Å². The summed E-state index contributed by atoms with van der Waals surface area (Å²) in [4.78, 5) is 22.3. The summed E-state index contributed by atoms with van der Waals surface area (Å²) in [5.41, 5.74) is 2.99. The van der Waals surface area contributed by atoms with E-state index in [2.05, 4.69) is 31.9 Å². The van der Waals surface area contributed by atoms with E-state index in [0.29, 0.717) is 32.9 Å². The largest absolute Gasteiger partial charge is 0.454 e. The highest BCUT2D eigenvalue weighted by atomic mass is 79.9. The third-order valence-electron chi connectivity index (χ3n) is 5.32. The number of benzene rings is 4. The maximum atomic E-state index is 11.6. The predicted octanol–water partition coefficient (Wildman–Crippen LogP) is 8.00. The van der Waals surface area contributed by atoms with E-state index >= 15 is 0 Å². The van der Waals surface area contributed by atoms with Crippen molar-refractivity contribution in [1.29, 1.82) is 0 Å². The Bertz CT molecular complexity index is 1290. The first-order chi connectivity index (χ1) is 16.8. The summed E-state index contributed by atoms with van der Waals surface area (Å²) in [5, 5.41) is 23.3. The zero-order valence-corrected chi connectivity index (χ0v) is 21.4. The van der Waals surface area contributed by atoms with Crippen molar-refractivity contribution in [3.05, 3.63) is 136 Å². The number of rotatable bonds is 8. The molecule has 0 unspecified atom stereocenters. The number of nitro benzene ring substituents is 2. The predicted molar refractivity (Wildman–Crippen MR) is 140 cm³/mol. The maximum Gasteiger partial charge on any atom is 0.273 e. The van der Waals surface area contributed by atoms with Crippen LogP contribution in [0.2, 0.25) is 0 Å². The molecule has 4 aromatic rings. The number of hydrogen-bond donors (Lipinski definition) is 0. The second-order valence-electron chi connectivity index (χ2n) is 7.78. The van der Waals surface area contributed by atoms with E-state index in [9.17, 15) is 20.2 Å². The van der Waals surface area contributed by atoms with Crippen LogP contribution in [-0.2, 0) is 12.8 Å². The number of non-ortho nitro benzene ring substituents is 2. The average molecular weight is 598 g/mol. The smallest absolute Gasteiger partial charge is 0.273 e. The van der Waals surface area contributed by atoms with Crippen LogP contribution in [0.25, 0.3) is 0 Å². The van der Waals surface area contributed by atoms with Crippen LogP contribution in [0, 0.1) is 20.2 Å². The van der Waals surface area contributed by atoms with Crippen molar-refractivity contribution in [3.8, 4) is 11.5 Å². The first-order valence-electron chi connectivity index (χ1n) is 10.5. The van der Waals surface area contributed by atoms with Gasteiger partial charge in [-0.3, -0.25) is 20.2 Å². The van der Waals surface area contributed by atoms with Gasteiger partial charge in [0.05, 0.1) is 30.9 Å². The number of halogens is 2. The molecule has 4 aromatic carbocycles. The van der Waals surface area contributed by atoms with Gasteiger partial charge in [0.15, 0.2) is 0 Å². The van der Waals surface area contributed by atoms with Gasteiger partial charge in [0.2, 0.25) is 0 Å². The minimum atomic E-state index is -0.489. The molecule has 9 heteroatoms. The Morgan fingerprint density at radius 3 is 1.34 bits per heavy atom. The quantitative estimate of drug-likeness (QED) is 0.151. The minimum Gasteiger partial charge on any atom is -0.454 e. The lowest BCUT2D eigenvalue weighted by Crippen LogP contribution is -2.00. The molecule has 0 aliphatic rings. The van der Waals surface area contributed by atoms with Crippen LogP contribution >= 0.6 is 31.9 Å². The Balaban J connectivity index is 1.77. The van der Waals surface area contributed by atoms with Gasteiger partial charge < -0.3 is 4.74 Å². The number of nitro groups is 2. The second-order valence-corrected chi connectivity index (χ2v) is 9.36. The van der Waals surface area contributed by atoms with Gasteiger partial charge in [0.25, 0.3) is 11.4 Å². The summed E-state index contributed by atoms with van der Waals surface area (Å²) in [6, 6.07) is 24.7. The number of ether oxygens (including phenoxy) is 1. The molecule has 0 fully saturated rings. The number of hydrogen-bond acceptors (Lipinski definition) is 5. The van der Waals surface area contributed by atoms with Gasteiger partial charge in [-0.2, -0.15) is 0 Å². The highest BCUT2D eigenvalue weighted by Gasteiger charge is 2.21. The van der Waals surface area contributed by atoms with Crippen molar-refractivity contribution >= 4 is 43.2 Å². The highest BCUT2D eigenvalue weighted by Crippen LogP contribution is 2.42. The lowest BCUT2D eigenvalue weighted by atomic mass is 10.0. The first kappa shape index (κ1) is 24.6. The molecular weight excluding hydrogens is 580 g/mol. The van der Waals surface area contributed by atoms with Gasteiger partial charge in [-0.15, -0.1) is 0 Å². The lowest BCUT2D eigenvalue weighted by molar-refractivity contribution is -0.385. The van der Waals surface area contributed by atoms with Crippen molar-refractivity contribution < 1.29 is 14.6 Å².